The molecular weight excluding hydrogens is 230 g/mol. The van der Waals surface area contributed by atoms with Crippen molar-refractivity contribution in [3.63, 3.8) is 0 Å². The van der Waals surface area contributed by atoms with Crippen LogP contribution in [-0.4, -0.2) is 52.2 Å². The van der Waals surface area contributed by atoms with Gasteiger partial charge in [-0.2, -0.15) is 0 Å². The second kappa shape index (κ2) is 8.10. The zero-order valence-electron chi connectivity index (χ0n) is 12.3. The Morgan fingerprint density at radius 2 is 1.89 bits per heavy atom. The Labute approximate surface area is 111 Å². The Kier molecular flexibility index (Phi) is 7.15. The maximum Gasteiger partial charge on any atom is 0.0704 e. The molecule has 1 aliphatic rings. The lowest BCUT2D eigenvalue weighted by atomic mass is 9.61. The van der Waals surface area contributed by atoms with E-state index < -0.39 is 0 Å². The molecule has 0 bridgehead atoms. The molecule has 1 saturated carbocycles. The standard InChI is InChI=1S/C14H29NO3/c1-5-14(3)12(15-6-2)11-13(14)18-10-9-17-8-7-16-4/h12-13,15H,5-11H2,1-4H3. The fourth-order valence-electron chi connectivity index (χ4n) is 2.61. The molecule has 4 nitrogen and oxygen atoms in total. The Morgan fingerprint density at radius 3 is 2.50 bits per heavy atom. The van der Waals surface area contributed by atoms with Crippen molar-refractivity contribution in [2.75, 3.05) is 40.1 Å². The minimum atomic E-state index is 0.280. The summed E-state index contributed by atoms with van der Waals surface area (Å²) in [4.78, 5) is 0. The molecule has 4 heteroatoms. The topological polar surface area (TPSA) is 39.7 Å². The van der Waals surface area contributed by atoms with Crippen LogP contribution in [0.4, 0.5) is 0 Å². The van der Waals surface area contributed by atoms with Gasteiger partial charge in [-0.25, -0.2) is 0 Å². The average Bonchev–Trinajstić information content (AvgIpc) is 2.39. The highest BCUT2D eigenvalue weighted by Gasteiger charge is 2.50. The molecule has 0 heterocycles. The summed E-state index contributed by atoms with van der Waals surface area (Å²) in [5.41, 5.74) is 0.280. The number of ether oxygens (including phenoxy) is 3. The summed E-state index contributed by atoms with van der Waals surface area (Å²) in [5.74, 6) is 0. The Bertz CT molecular complexity index is 225. The van der Waals surface area contributed by atoms with E-state index in [0.29, 0.717) is 38.6 Å². The summed E-state index contributed by atoms with van der Waals surface area (Å²) >= 11 is 0. The van der Waals surface area contributed by atoms with Crippen LogP contribution in [0.3, 0.4) is 0 Å². The van der Waals surface area contributed by atoms with Crippen LogP contribution in [0, 0.1) is 5.41 Å². The molecule has 0 aromatic carbocycles. The number of rotatable bonds is 10. The first kappa shape index (κ1) is 15.9. The van der Waals surface area contributed by atoms with Gasteiger partial charge in [0.05, 0.1) is 32.5 Å². The lowest BCUT2D eigenvalue weighted by Crippen LogP contribution is -2.62. The molecular formula is C14H29NO3. The summed E-state index contributed by atoms with van der Waals surface area (Å²) in [7, 11) is 1.68. The molecule has 0 aliphatic heterocycles. The zero-order valence-corrected chi connectivity index (χ0v) is 12.3. The number of nitrogens with one attached hydrogen (secondary N) is 1. The fraction of sp³-hybridized carbons (Fsp3) is 1.00. The van der Waals surface area contributed by atoms with E-state index in [-0.39, 0.29) is 5.41 Å². The minimum absolute atomic E-state index is 0.280. The Balaban J connectivity index is 2.15. The van der Waals surface area contributed by atoms with Crippen LogP contribution in [0.2, 0.25) is 0 Å². The molecule has 0 saturated heterocycles. The van der Waals surface area contributed by atoms with Crippen LogP contribution >= 0.6 is 0 Å². The van der Waals surface area contributed by atoms with Crippen LogP contribution in [0.25, 0.3) is 0 Å². The van der Waals surface area contributed by atoms with Gasteiger partial charge in [0, 0.05) is 18.6 Å². The van der Waals surface area contributed by atoms with Crippen molar-refractivity contribution < 1.29 is 14.2 Å². The molecule has 0 aromatic rings. The molecule has 0 radical (unpaired) electrons. The predicted octanol–water partition coefficient (Wildman–Crippen LogP) is 1.83. The fourth-order valence-corrected chi connectivity index (χ4v) is 2.61. The van der Waals surface area contributed by atoms with Crippen LogP contribution in [0.15, 0.2) is 0 Å². The Morgan fingerprint density at radius 1 is 1.17 bits per heavy atom. The van der Waals surface area contributed by atoms with Crippen molar-refractivity contribution in [2.45, 2.75) is 45.8 Å². The molecule has 1 aliphatic carbocycles. The minimum Gasteiger partial charge on any atom is -0.382 e. The normalized spacial score (nSPS) is 31.3. The van der Waals surface area contributed by atoms with Gasteiger partial charge >= 0.3 is 0 Å². The van der Waals surface area contributed by atoms with Crippen LogP contribution in [0.1, 0.15) is 33.6 Å². The van der Waals surface area contributed by atoms with E-state index >= 15 is 0 Å². The maximum atomic E-state index is 5.94. The zero-order chi connectivity index (χ0) is 13.4. The maximum absolute atomic E-state index is 5.94. The highest BCUT2D eigenvalue weighted by Crippen LogP contribution is 2.45. The SMILES string of the molecule is CCNC1CC(OCCOCCOC)C1(C)CC. The van der Waals surface area contributed by atoms with Crippen molar-refractivity contribution in [2.24, 2.45) is 5.41 Å². The Hall–Kier alpha value is -0.160. The first-order chi connectivity index (χ1) is 8.69. The van der Waals surface area contributed by atoms with Gasteiger partial charge < -0.3 is 19.5 Å². The number of hydrogen-bond acceptors (Lipinski definition) is 4. The molecule has 3 atom stereocenters. The van der Waals surface area contributed by atoms with Gasteiger partial charge in [0.15, 0.2) is 0 Å². The molecule has 1 N–H and O–H groups in total. The van der Waals surface area contributed by atoms with E-state index in [2.05, 4.69) is 26.1 Å². The van der Waals surface area contributed by atoms with E-state index in [1.807, 2.05) is 0 Å². The van der Waals surface area contributed by atoms with E-state index in [4.69, 9.17) is 14.2 Å². The third-order valence-corrected chi connectivity index (χ3v) is 4.17. The summed E-state index contributed by atoms with van der Waals surface area (Å²) < 4.78 is 16.3. The first-order valence-electron chi connectivity index (χ1n) is 7.10. The molecule has 108 valence electrons. The quantitative estimate of drug-likeness (QED) is 0.608. The van der Waals surface area contributed by atoms with E-state index in [1.54, 1.807) is 7.11 Å². The van der Waals surface area contributed by atoms with Gasteiger partial charge in [-0.1, -0.05) is 20.8 Å². The predicted molar refractivity (Wildman–Crippen MR) is 72.9 cm³/mol. The van der Waals surface area contributed by atoms with Gasteiger partial charge in [0.25, 0.3) is 0 Å². The van der Waals surface area contributed by atoms with E-state index in [0.717, 1.165) is 19.4 Å². The second-order valence-corrected chi connectivity index (χ2v) is 5.17. The van der Waals surface area contributed by atoms with Crippen molar-refractivity contribution >= 4 is 0 Å². The molecule has 1 rings (SSSR count). The summed E-state index contributed by atoms with van der Waals surface area (Å²) in [6.07, 6.45) is 2.65. The summed E-state index contributed by atoms with van der Waals surface area (Å²) in [5, 5.41) is 3.54. The van der Waals surface area contributed by atoms with Gasteiger partial charge in [-0.15, -0.1) is 0 Å². The lowest BCUT2D eigenvalue weighted by molar-refractivity contribution is -0.137. The van der Waals surface area contributed by atoms with Crippen LogP contribution < -0.4 is 5.32 Å². The molecule has 0 amide bonds. The largest absolute Gasteiger partial charge is 0.382 e. The van der Waals surface area contributed by atoms with Crippen molar-refractivity contribution in [3.8, 4) is 0 Å². The van der Waals surface area contributed by atoms with Gasteiger partial charge in [0.2, 0.25) is 0 Å². The van der Waals surface area contributed by atoms with E-state index in [9.17, 15) is 0 Å². The van der Waals surface area contributed by atoms with Crippen molar-refractivity contribution in [3.05, 3.63) is 0 Å². The number of methoxy groups -OCH3 is 1. The second-order valence-electron chi connectivity index (χ2n) is 5.17. The highest BCUT2D eigenvalue weighted by molar-refractivity contribution is 5.04. The smallest absolute Gasteiger partial charge is 0.0704 e. The third kappa shape index (κ3) is 3.92. The summed E-state index contributed by atoms with van der Waals surface area (Å²) in [6.45, 7) is 10.4. The average molecular weight is 259 g/mol. The van der Waals surface area contributed by atoms with Gasteiger partial charge in [0.1, 0.15) is 0 Å². The van der Waals surface area contributed by atoms with Crippen LogP contribution in [-0.2, 0) is 14.2 Å². The molecule has 3 unspecified atom stereocenters. The molecule has 18 heavy (non-hydrogen) atoms. The highest BCUT2D eigenvalue weighted by atomic mass is 16.5. The van der Waals surface area contributed by atoms with Crippen LogP contribution in [0.5, 0.6) is 0 Å². The lowest BCUT2D eigenvalue weighted by Gasteiger charge is -2.53. The third-order valence-electron chi connectivity index (χ3n) is 4.17. The van der Waals surface area contributed by atoms with E-state index in [1.165, 1.54) is 0 Å². The number of hydrogen-bond donors (Lipinski definition) is 1. The molecule has 1 fully saturated rings. The van der Waals surface area contributed by atoms with Gasteiger partial charge in [-0.3, -0.25) is 0 Å². The summed E-state index contributed by atoms with van der Waals surface area (Å²) in [6, 6.07) is 0.604. The molecule has 0 aromatic heterocycles. The van der Waals surface area contributed by atoms with Crippen molar-refractivity contribution in [1.82, 2.24) is 5.32 Å². The molecule has 0 spiro atoms. The first-order valence-corrected chi connectivity index (χ1v) is 7.10. The monoisotopic (exact) mass is 259 g/mol. The van der Waals surface area contributed by atoms with Gasteiger partial charge in [-0.05, 0) is 19.4 Å². The van der Waals surface area contributed by atoms with Crippen molar-refractivity contribution in [1.29, 1.82) is 0 Å².